The zero-order valence-electron chi connectivity index (χ0n) is 9.98. The van der Waals surface area contributed by atoms with Gasteiger partial charge in [-0.3, -0.25) is 0 Å². The van der Waals surface area contributed by atoms with E-state index in [0.717, 1.165) is 0 Å². The molecule has 0 aliphatic rings. The SMILES string of the molecule is O=C(O)c1c(F)c(F)c(F)c2c(F)c(F)c(F)c(C(=O)O)c12. The van der Waals surface area contributed by atoms with Crippen molar-refractivity contribution < 1.29 is 46.1 Å². The van der Waals surface area contributed by atoms with Crippen molar-refractivity contribution in [2.24, 2.45) is 0 Å². The number of aromatic carboxylic acids is 2. The van der Waals surface area contributed by atoms with Crippen LogP contribution in [-0.2, 0) is 0 Å². The molecule has 2 N–H and O–H groups in total. The lowest BCUT2D eigenvalue weighted by Gasteiger charge is -2.12. The lowest BCUT2D eigenvalue weighted by atomic mass is 9.96. The minimum atomic E-state index is -2.47. The number of rotatable bonds is 2. The molecule has 2 aromatic carbocycles. The van der Waals surface area contributed by atoms with E-state index in [1.165, 1.54) is 0 Å². The van der Waals surface area contributed by atoms with Crippen LogP contribution in [-0.4, -0.2) is 22.2 Å². The van der Waals surface area contributed by atoms with Crippen molar-refractivity contribution in [3.05, 3.63) is 46.0 Å². The summed E-state index contributed by atoms with van der Waals surface area (Å²) in [4.78, 5) is 21.8. The van der Waals surface area contributed by atoms with Gasteiger partial charge in [-0.1, -0.05) is 0 Å². The van der Waals surface area contributed by atoms with Crippen LogP contribution < -0.4 is 0 Å². The average Bonchev–Trinajstić information content (AvgIpc) is 2.41. The molecule has 0 fully saturated rings. The van der Waals surface area contributed by atoms with Gasteiger partial charge in [0.1, 0.15) is 11.1 Å². The van der Waals surface area contributed by atoms with Gasteiger partial charge in [-0.25, -0.2) is 35.9 Å². The van der Waals surface area contributed by atoms with Crippen LogP contribution in [0.1, 0.15) is 20.7 Å². The second kappa shape index (κ2) is 4.90. The molecule has 4 nitrogen and oxygen atoms in total. The Bertz CT molecular complexity index is 795. The molecule has 0 radical (unpaired) electrons. The van der Waals surface area contributed by atoms with E-state index in [2.05, 4.69) is 0 Å². The summed E-state index contributed by atoms with van der Waals surface area (Å²) in [6.07, 6.45) is 0. The number of carboxylic acids is 2. The zero-order valence-corrected chi connectivity index (χ0v) is 9.98. The number of fused-ring (bicyclic) bond motifs is 1. The second-order valence-electron chi connectivity index (χ2n) is 3.99. The van der Waals surface area contributed by atoms with Crippen molar-refractivity contribution >= 4 is 22.7 Å². The number of benzene rings is 2. The van der Waals surface area contributed by atoms with Gasteiger partial charge in [-0.2, -0.15) is 0 Å². The molecule has 0 unspecified atom stereocenters. The van der Waals surface area contributed by atoms with Gasteiger partial charge < -0.3 is 10.2 Å². The summed E-state index contributed by atoms with van der Waals surface area (Å²) in [5.74, 6) is -19.1. The van der Waals surface area contributed by atoms with Crippen LogP contribution in [0.15, 0.2) is 0 Å². The molecule has 0 bridgehead atoms. The number of carboxylic acid groups (broad SMARTS) is 2. The van der Waals surface area contributed by atoms with Crippen molar-refractivity contribution in [3.8, 4) is 0 Å². The first-order chi connectivity index (χ1) is 10.1. The van der Waals surface area contributed by atoms with Gasteiger partial charge in [0, 0.05) is 5.39 Å². The van der Waals surface area contributed by atoms with Crippen molar-refractivity contribution in [2.75, 3.05) is 0 Å². The first-order valence-electron chi connectivity index (χ1n) is 5.24. The van der Waals surface area contributed by atoms with Crippen LogP contribution in [0.25, 0.3) is 10.8 Å². The molecule has 0 aliphatic heterocycles. The van der Waals surface area contributed by atoms with Crippen molar-refractivity contribution in [1.29, 1.82) is 0 Å². The molecule has 0 spiro atoms. The van der Waals surface area contributed by atoms with Crippen LogP contribution in [0, 0.1) is 34.9 Å². The van der Waals surface area contributed by atoms with Crippen LogP contribution in [0.5, 0.6) is 0 Å². The summed E-state index contributed by atoms with van der Waals surface area (Å²) in [5.41, 5.74) is -3.66. The normalized spacial score (nSPS) is 11.0. The molecule has 2 aromatic rings. The van der Waals surface area contributed by atoms with Gasteiger partial charge in [-0.05, 0) is 0 Å². The second-order valence-corrected chi connectivity index (χ2v) is 3.99. The summed E-state index contributed by atoms with van der Waals surface area (Å²) >= 11 is 0. The van der Waals surface area contributed by atoms with E-state index in [0.29, 0.717) is 0 Å². The van der Waals surface area contributed by atoms with Crippen molar-refractivity contribution in [3.63, 3.8) is 0 Å². The highest BCUT2D eigenvalue weighted by molar-refractivity contribution is 6.13. The van der Waals surface area contributed by atoms with E-state index >= 15 is 0 Å². The topological polar surface area (TPSA) is 74.6 Å². The highest BCUT2D eigenvalue weighted by Crippen LogP contribution is 2.35. The summed E-state index contributed by atoms with van der Waals surface area (Å²) < 4.78 is 80.8. The number of hydrogen-bond donors (Lipinski definition) is 2. The molecular formula is C12H2F6O4. The quantitative estimate of drug-likeness (QED) is 0.658. The fourth-order valence-electron chi connectivity index (χ4n) is 1.94. The third-order valence-electron chi connectivity index (χ3n) is 2.83. The maximum absolute atomic E-state index is 13.6. The van der Waals surface area contributed by atoms with Gasteiger partial charge in [0.2, 0.25) is 0 Å². The molecule has 116 valence electrons. The minimum Gasteiger partial charge on any atom is -0.478 e. The Hall–Kier alpha value is -2.78. The molecule has 0 atom stereocenters. The zero-order chi connectivity index (χ0) is 16.9. The van der Waals surface area contributed by atoms with E-state index in [1.807, 2.05) is 0 Å². The van der Waals surface area contributed by atoms with Crippen molar-refractivity contribution in [1.82, 2.24) is 0 Å². The molecule has 0 saturated carbocycles. The Labute approximate surface area is 116 Å². The number of carbonyl (C=O) groups is 2. The molecule has 0 heterocycles. The van der Waals surface area contributed by atoms with Gasteiger partial charge in [-0.15, -0.1) is 0 Å². The first kappa shape index (κ1) is 15.6. The Morgan fingerprint density at radius 1 is 0.545 bits per heavy atom. The minimum absolute atomic E-state index is 1.63. The summed E-state index contributed by atoms with van der Waals surface area (Å²) in [5, 5.41) is 14.1. The van der Waals surface area contributed by atoms with E-state index in [-0.39, 0.29) is 0 Å². The van der Waals surface area contributed by atoms with E-state index in [1.54, 1.807) is 0 Å². The number of halogens is 6. The van der Waals surface area contributed by atoms with E-state index in [4.69, 9.17) is 10.2 Å². The molecule has 0 saturated heterocycles. The Morgan fingerprint density at radius 3 is 1.14 bits per heavy atom. The largest absolute Gasteiger partial charge is 0.478 e. The lowest BCUT2D eigenvalue weighted by Crippen LogP contribution is -2.14. The Kier molecular flexibility index (Phi) is 3.47. The van der Waals surface area contributed by atoms with Gasteiger partial charge >= 0.3 is 11.9 Å². The lowest BCUT2D eigenvalue weighted by molar-refractivity contribution is 0.0689. The molecule has 0 aromatic heterocycles. The molecule has 2 rings (SSSR count). The Morgan fingerprint density at radius 2 is 0.864 bits per heavy atom. The highest BCUT2D eigenvalue weighted by atomic mass is 19.2. The van der Waals surface area contributed by atoms with Crippen LogP contribution in [0.3, 0.4) is 0 Å². The van der Waals surface area contributed by atoms with E-state index in [9.17, 15) is 35.9 Å². The molecule has 0 amide bonds. The highest BCUT2D eigenvalue weighted by Gasteiger charge is 2.34. The maximum Gasteiger partial charge on any atom is 0.339 e. The summed E-state index contributed by atoms with van der Waals surface area (Å²) in [6.45, 7) is 0. The summed E-state index contributed by atoms with van der Waals surface area (Å²) in [7, 11) is 0. The third kappa shape index (κ3) is 1.87. The predicted molar refractivity (Wildman–Crippen MR) is 57.6 cm³/mol. The standard InChI is InChI=1S/C12H2F6O4/c13-5-2-1(3(11(19)20)7(15)9(5)17)4(12(21)22)8(16)10(18)6(2)14/h(H,19,20)(H,21,22). The fraction of sp³-hybridized carbons (Fsp3) is 0. The van der Waals surface area contributed by atoms with Crippen LogP contribution in [0.4, 0.5) is 26.3 Å². The van der Waals surface area contributed by atoms with Crippen molar-refractivity contribution in [2.45, 2.75) is 0 Å². The van der Waals surface area contributed by atoms with E-state index < -0.39 is 68.7 Å². The van der Waals surface area contributed by atoms with Gasteiger partial charge in [0.15, 0.2) is 34.9 Å². The average molecular weight is 324 g/mol. The monoisotopic (exact) mass is 324 g/mol. The Balaban J connectivity index is 3.35. The van der Waals surface area contributed by atoms with Crippen LogP contribution >= 0.6 is 0 Å². The smallest absolute Gasteiger partial charge is 0.339 e. The molecule has 0 aliphatic carbocycles. The predicted octanol–water partition coefficient (Wildman–Crippen LogP) is 3.07. The first-order valence-corrected chi connectivity index (χ1v) is 5.24. The van der Waals surface area contributed by atoms with Crippen LogP contribution in [0.2, 0.25) is 0 Å². The third-order valence-corrected chi connectivity index (χ3v) is 2.83. The fourth-order valence-corrected chi connectivity index (χ4v) is 1.94. The van der Waals surface area contributed by atoms with Gasteiger partial charge in [0.05, 0.1) is 5.39 Å². The molecule has 10 heteroatoms. The summed E-state index contributed by atoms with van der Waals surface area (Å²) in [6, 6.07) is 0. The number of hydrogen-bond acceptors (Lipinski definition) is 2. The molecule has 22 heavy (non-hydrogen) atoms. The maximum atomic E-state index is 13.6. The molecular weight excluding hydrogens is 322 g/mol. The van der Waals surface area contributed by atoms with Gasteiger partial charge in [0.25, 0.3) is 0 Å².